The van der Waals surface area contributed by atoms with Crippen LogP contribution in [0, 0.1) is 19.8 Å². The number of amides is 1. The van der Waals surface area contributed by atoms with Crippen LogP contribution in [-0.4, -0.2) is 21.1 Å². The average Bonchev–Trinajstić information content (AvgIpc) is 3.57. The maximum absolute atomic E-state index is 13.6. The van der Waals surface area contributed by atoms with Crippen molar-refractivity contribution in [3.8, 4) is 5.75 Å². The van der Waals surface area contributed by atoms with Crippen LogP contribution in [0.2, 0.25) is 5.02 Å². The number of nitrogens with one attached hydrogen (secondary N) is 1. The van der Waals surface area contributed by atoms with E-state index in [1.807, 2.05) is 30.5 Å². The van der Waals surface area contributed by atoms with E-state index in [0.29, 0.717) is 35.2 Å². The molecule has 1 amide bonds. The Morgan fingerprint density at radius 1 is 1.26 bits per heavy atom. The van der Waals surface area contributed by atoms with Crippen LogP contribution < -0.4 is 5.32 Å². The Balaban J connectivity index is 1.43. The van der Waals surface area contributed by atoms with Crippen LogP contribution >= 0.6 is 22.9 Å². The maximum atomic E-state index is 13.6. The van der Waals surface area contributed by atoms with Crippen molar-refractivity contribution in [3.05, 3.63) is 81.1 Å². The molecule has 35 heavy (non-hydrogen) atoms. The molecule has 178 valence electrons. The van der Waals surface area contributed by atoms with Crippen LogP contribution in [0.15, 0.2) is 53.2 Å². The number of nitrogens with zero attached hydrogens (tertiary/aromatic N) is 2. The summed E-state index contributed by atoms with van der Waals surface area (Å²) in [5, 5.41) is 19.1. The molecule has 1 aliphatic carbocycles. The largest absolute Gasteiger partial charge is 0.508 e. The first kappa shape index (κ1) is 22.2. The Kier molecular flexibility index (Phi) is 5.34. The number of benzene rings is 2. The van der Waals surface area contributed by atoms with Crippen molar-refractivity contribution in [2.75, 3.05) is 5.32 Å². The molecule has 1 fully saturated rings. The standard InChI is InChI=1S/C27H24ClN3O3S/c1-14-25(15(2)34-30-14)29-27(33)21-12-31(13-23-24(28)19-5-3-4-6-22(19)35-23)26(16-7-8-16)20-11-17(32)9-10-18(20)21/h3-6,9-12,16,26,32H,7-8,13H2,1-2H3,(H,29,33). The molecule has 0 spiro atoms. The molecule has 1 unspecified atom stereocenters. The minimum atomic E-state index is -0.243. The average molecular weight is 506 g/mol. The number of rotatable bonds is 5. The maximum Gasteiger partial charge on any atom is 0.257 e. The Labute approximate surface area is 211 Å². The van der Waals surface area contributed by atoms with Crippen LogP contribution in [-0.2, 0) is 11.3 Å². The lowest BCUT2D eigenvalue weighted by Gasteiger charge is -2.37. The number of phenolic OH excluding ortho intramolecular Hbond substituents is 1. The molecule has 1 atom stereocenters. The van der Waals surface area contributed by atoms with Gasteiger partial charge in [-0.05, 0) is 61.9 Å². The Morgan fingerprint density at radius 2 is 2.06 bits per heavy atom. The lowest BCUT2D eigenvalue weighted by Crippen LogP contribution is -2.31. The fourth-order valence-electron chi connectivity index (χ4n) is 4.97. The number of carbonyl (C=O) groups excluding carboxylic acids is 1. The van der Waals surface area contributed by atoms with Crippen molar-refractivity contribution in [2.45, 2.75) is 39.3 Å². The smallest absolute Gasteiger partial charge is 0.257 e. The van der Waals surface area contributed by atoms with Gasteiger partial charge in [0.2, 0.25) is 0 Å². The first-order valence-electron chi connectivity index (χ1n) is 11.6. The van der Waals surface area contributed by atoms with Crippen molar-refractivity contribution >= 4 is 50.2 Å². The van der Waals surface area contributed by atoms with E-state index in [4.69, 9.17) is 16.1 Å². The number of aromatic nitrogens is 1. The zero-order valence-corrected chi connectivity index (χ0v) is 20.9. The first-order valence-corrected chi connectivity index (χ1v) is 12.8. The summed E-state index contributed by atoms with van der Waals surface area (Å²) in [6.07, 6.45) is 4.19. The Bertz CT molecular complexity index is 1480. The first-order chi connectivity index (χ1) is 16.9. The SMILES string of the molecule is Cc1noc(C)c1NC(=O)C1=CN(Cc2sc3ccccc3c2Cl)C(C2CC2)c2cc(O)ccc21. The van der Waals surface area contributed by atoms with Gasteiger partial charge in [-0.2, -0.15) is 0 Å². The van der Waals surface area contributed by atoms with E-state index in [9.17, 15) is 9.90 Å². The molecule has 3 heterocycles. The number of hydrogen-bond donors (Lipinski definition) is 2. The second-order valence-corrected chi connectivity index (χ2v) is 10.8. The van der Waals surface area contributed by atoms with E-state index >= 15 is 0 Å². The number of hydrogen-bond acceptors (Lipinski definition) is 6. The van der Waals surface area contributed by atoms with Crippen LogP contribution in [0.25, 0.3) is 15.7 Å². The third kappa shape index (κ3) is 3.89. The summed E-state index contributed by atoms with van der Waals surface area (Å²) in [5.41, 5.74) is 3.55. The summed E-state index contributed by atoms with van der Waals surface area (Å²) in [4.78, 5) is 16.8. The third-order valence-electron chi connectivity index (χ3n) is 6.81. The molecule has 8 heteroatoms. The van der Waals surface area contributed by atoms with Gasteiger partial charge >= 0.3 is 0 Å². The number of carbonyl (C=O) groups is 1. The zero-order chi connectivity index (χ0) is 24.3. The summed E-state index contributed by atoms with van der Waals surface area (Å²) in [6, 6.07) is 13.5. The summed E-state index contributed by atoms with van der Waals surface area (Å²) in [5.74, 6) is 0.977. The van der Waals surface area contributed by atoms with Gasteiger partial charge in [0.1, 0.15) is 17.1 Å². The quantitative estimate of drug-likeness (QED) is 0.311. The van der Waals surface area contributed by atoms with E-state index in [0.717, 1.165) is 44.0 Å². The van der Waals surface area contributed by atoms with Gasteiger partial charge in [-0.3, -0.25) is 4.79 Å². The highest BCUT2D eigenvalue weighted by atomic mass is 35.5. The molecule has 0 saturated heterocycles. The number of phenols is 1. The van der Waals surface area contributed by atoms with Crippen molar-refractivity contribution in [2.24, 2.45) is 5.92 Å². The second-order valence-electron chi connectivity index (χ2n) is 9.26. The highest BCUT2D eigenvalue weighted by Crippen LogP contribution is 2.51. The predicted molar refractivity (Wildman–Crippen MR) is 139 cm³/mol. The van der Waals surface area contributed by atoms with Crippen LogP contribution in [0.4, 0.5) is 5.69 Å². The lowest BCUT2D eigenvalue weighted by atomic mass is 9.87. The molecular weight excluding hydrogens is 482 g/mol. The summed E-state index contributed by atoms with van der Waals surface area (Å²) < 4.78 is 6.37. The number of aromatic hydroxyl groups is 1. The lowest BCUT2D eigenvalue weighted by molar-refractivity contribution is -0.111. The van der Waals surface area contributed by atoms with E-state index < -0.39 is 0 Å². The molecule has 0 bridgehead atoms. The van der Waals surface area contributed by atoms with E-state index in [1.165, 1.54) is 0 Å². The second kappa shape index (κ2) is 8.43. The predicted octanol–water partition coefficient (Wildman–Crippen LogP) is 6.81. The molecule has 2 aromatic carbocycles. The van der Waals surface area contributed by atoms with Crippen LogP contribution in [0.1, 0.15) is 46.3 Å². The number of thiophene rings is 1. The van der Waals surface area contributed by atoms with E-state index in [-0.39, 0.29) is 17.7 Å². The number of anilines is 1. The van der Waals surface area contributed by atoms with Crippen LogP contribution in [0.5, 0.6) is 5.75 Å². The van der Waals surface area contributed by atoms with Gasteiger partial charge in [0, 0.05) is 21.2 Å². The van der Waals surface area contributed by atoms with Crippen molar-refractivity contribution < 1.29 is 14.4 Å². The van der Waals surface area contributed by atoms with Gasteiger partial charge in [-0.15, -0.1) is 11.3 Å². The topological polar surface area (TPSA) is 78.6 Å². The molecule has 0 radical (unpaired) electrons. The monoisotopic (exact) mass is 505 g/mol. The van der Waals surface area contributed by atoms with Crippen molar-refractivity contribution in [1.29, 1.82) is 0 Å². The third-order valence-corrected chi connectivity index (χ3v) is 8.51. The van der Waals surface area contributed by atoms with E-state index in [1.54, 1.807) is 37.3 Å². The van der Waals surface area contributed by atoms with Gasteiger partial charge in [0.25, 0.3) is 5.91 Å². The zero-order valence-electron chi connectivity index (χ0n) is 19.3. The number of halogens is 1. The molecule has 1 aliphatic heterocycles. The molecule has 2 N–H and O–H groups in total. The van der Waals surface area contributed by atoms with E-state index in [2.05, 4.69) is 21.4 Å². The van der Waals surface area contributed by atoms with Gasteiger partial charge in [-0.1, -0.05) is 41.0 Å². The summed E-state index contributed by atoms with van der Waals surface area (Å²) in [6.45, 7) is 4.15. The minimum Gasteiger partial charge on any atom is -0.508 e. The highest BCUT2D eigenvalue weighted by molar-refractivity contribution is 7.19. The molecule has 1 saturated carbocycles. The van der Waals surface area contributed by atoms with Crippen molar-refractivity contribution in [1.82, 2.24) is 10.1 Å². The van der Waals surface area contributed by atoms with Gasteiger partial charge in [-0.25, -0.2) is 0 Å². The van der Waals surface area contributed by atoms with Gasteiger partial charge < -0.3 is 19.8 Å². The molecule has 2 aliphatic rings. The fourth-order valence-corrected chi connectivity index (χ4v) is 6.47. The Hall–Kier alpha value is -3.29. The molecule has 2 aromatic heterocycles. The van der Waals surface area contributed by atoms with Gasteiger partial charge in [0.05, 0.1) is 23.2 Å². The molecule has 6 rings (SSSR count). The number of aryl methyl sites for hydroxylation is 2. The molecule has 6 nitrogen and oxygen atoms in total. The Morgan fingerprint density at radius 3 is 2.77 bits per heavy atom. The minimum absolute atomic E-state index is 0.0639. The summed E-state index contributed by atoms with van der Waals surface area (Å²) >= 11 is 8.48. The molecular formula is C27H24ClN3O3S. The number of fused-ring (bicyclic) bond motifs is 2. The normalized spacial score (nSPS) is 17.4. The van der Waals surface area contributed by atoms with Gasteiger partial charge in [0.15, 0.2) is 5.76 Å². The fraction of sp³-hybridized carbons (Fsp3) is 0.259. The highest BCUT2D eigenvalue weighted by Gasteiger charge is 2.41. The summed E-state index contributed by atoms with van der Waals surface area (Å²) in [7, 11) is 0. The van der Waals surface area contributed by atoms with Crippen LogP contribution in [0.3, 0.4) is 0 Å². The molecule has 4 aromatic rings. The van der Waals surface area contributed by atoms with Crippen molar-refractivity contribution in [3.63, 3.8) is 0 Å².